The van der Waals surface area contributed by atoms with Crippen molar-refractivity contribution >= 4 is 29.8 Å². The normalized spacial score (nSPS) is 27.4. The zero-order valence-electron chi connectivity index (χ0n) is 30.1. The number of unbranched alkanes of at least 4 members (excludes halogenated alkanes) is 1. The molecule has 1 spiro atoms. The van der Waals surface area contributed by atoms with Crippen molar-refractivity contribution in [2.45, 2.75) is 135 Å². The van der Waals surface area contributed by atoms with Crippen molar-refractivity contribution in [3.8, 4) is 0 Å². The van der Waals surface area contributed by atoms with Crippen molar-refractivity contribution in [1.29, 1.82) is 0 Å². The molecule has 0 aromatic rings. The minimum atomic E-state index is -1.10. The SMILES string of the molecule is CCCC[C@@]1(OC(=O)CCC(=O)O)CC[C@]2(CC[C@H](C)[C@@H](C/C=C(C)/C=C/[C@H](OC(C)=O)[C@@H](C)/C=C/C(=O)O)O2)O[C@H]1/C=C/C(C)=C/C(=O)O. The number of esters is 2. The Labute approximate surface area is 294 Å². The van der Waals surface area contributed by atoms with Crippen molar-refractivity contribution in [2.75, 3.05) is 0 Å². The minimum Gasteiger partial charge on any atom is -0.481 e. The monoisotopic (exact) mass is 702 g/mol. The van der Waals surface area contributed by atoms with Gasteiger partial charge in [-0.15, -0.1) is 0 Å². The molecule has 0 amide bonds. The van der Waals surface area contributed by atoms with Gasteiger partial charge in [0.1, 0.15) is 17.8 Å². The molecule has 12 nitrogen and oxygen atoms in total. The van der Waals surface area contributed by atoms with Gasteiger partial charge in [0.25, 0.3) is 0 Å². The molecule has 0 radical (unpaired) electrons. The Morgan fingerprint density at radius 3 is 2.24 bits per heavy atom. The lowest BCUT2D eigenvalue weighted by Crippen LogP contribution is -2.59. The molecule has 2 aliphatic heterocycles. The molecule has 2 fully saturated rings. The number of carboxylic acid groups (broad SMARTS) is 3. The Bertz CT molecular complexity index is 1360. The van der Waals surface area contributed by atoms with Crippen molar-refractivity contribution in [3.05, 3.63) is 59.8 Å². The average Bonchev–Trinajstić information content (AvgIpc) is 3.04. The summed E-state index contributed by atoms with van der Waals surface area (Å²) in [7, 11) is 0. The molecule has 0 unspecified atom stereocenters. The average molecular weight is 703 g/mol. The minimum absolute atomic E-state index is 0.197. The Balaban J connectivity index is 2.34. The summed E-state index contributed by atoms with van der Waals surface area (Å²) in [6.45, 7) is 10.7. The molecule has 0 aliphatic carbocycles. The van der Waals surface area contributed by atoms with E-state index in [1.807, 2.05) is 26.0 Å². The van der Waals surface area contributed by atoms with Crippen molar-refractivity contribution < 1.29 is 58.2 Å². The third kappa shape index (κ3) is 14.1. The van der Waals surface area contributed by atoms with Gasteiger partial charge in [0.05, 0.1) is 18.9 Å². The first-order chi connectivity index (χ1) is 23.5. The van der Waals surface area contributed by atoms with Crippen molar-refractivity contribution in [1.82, 2.24) is 0 Å². The maximum absolute atomic E-state index is 12.9. The zero-order chi connectivity index (χ0) is 37.5. The highest BCUT2D eigenvalue weighted by Gasteiger charge is 2.54. The van der Waals surface area contributed by atoms with Gasteiger partial charge in [-0.2, -0.15) is 0 Å². The lowest BCUT2D eigenvalue weighted by molar-refractivity contribution is -0.344. The Morgan fingerprint density at radius 2 is 1.62 bits per heavy atom. The van der Waals surface area contributed by atoms with Crippen LogP contribution in [0.3, 0.4) is 0 Å². The number of carboxylic acids is 3. The van der Waals surface area contributed by atoms with Crippen LogP contribution in [0.25, 0.3) is 0 Å². The third-order valence-corrected chi connectivity index (χ3v) is 9.05. The van der Waals surface area contributed by atoms with Crippen LogP contribution in [-0.2, 0) is 42.9 Å². The fourth-order valence-electron chi connectivity index (χ4n) is 6.14. The van der Waals surface area contributed by atoms with Gasteiger partial charge in [0, 0.05) is 37.8 Å². The molecule has 12 heteroatoms. The lowest BCUT2D eigenvalue weighted by atomic mass is 9.78. The van der Waals surface area contributed by atoms with Gasteiger partial charge in [-0.25, -0.2) is 9.59 Å². The molecule has 278 valence electrons. The third-order valence-electron chi connectivity index (χ3n) is 9.05. The van der Waals surface area contributed by atoms with E-state index in [0.717, 1.165) is 37.0 Å². The molecule has 50 heavy (non-hydrogen) atoms. The summed E-state index contributed by atoms with van der Waals surface area (Å²) in [6, 6.07) is 0. The summed E-state index contributed by atoms with van der Waals surface area (Å²) in [4.78, 5) is 58.0. The van der Waals surface area contributed by atoms with Gasteiger partial charge in [-0.1, -0.05) is 63.1 Å². The van der Waals surface area contributed by atoms with E-state index in [4.69, 9.17) is 29.2 Å². The van der Waals surface area contributed by atoms with E-state index in [2.05, 4.69) is 6.92 Å². The second kappa shape index (κ2) is 20.0. The highest BCUT2D eigenvalue weighted by molar-refractivity contribution is 5.81. The van der Waals surface area contributed by atoms with Crippen LogP contribution in [0.15, 0.2) is 59.8 Å². The van der Waals surface area contributed by atoms with Gasteiger partial charge in [0.2, 0.25) is 0 Å². The van der Waals surface area contributed by atoms with Gasteiger partial charge in [-0.3, -0.25) is 14.4 Å². The van der Waals surface area contributed by atoms with Crippen LogP contribution in [0, 0.1) is 11.8 Å². The van der Waals surface area contributed by atoms with E-state index in [0.29, 0.717) is 37.7 Å². The molecular weight excluding hydrogens is 648 g/mol. The van der Waals surface area contributed by atoms with Gasteiger partial charge in [-0.05, 0) is 63.5 Å². The summed E-state index contributed by atoms with van der Waals surface area (Å²) in [5.74, 6) is -5.54. The lowest BCUT2D eigenvalue weighted by Gasteiger charge is -2.53. The second-order valence-corrected chi connectivity index (χ2v) is 13.4. The number of carbonyl (C=O) groups excluding carboxylic acids is 2. The molecular formula is C38H54O12. The van der Waals surface area contributed by atoms with Gasteiger partial charge >= 0.3 is 29.8 Å². The molecule has 2 rings (SSSR count). The summed E-state index contributed by atoms with van der Waals surface area (Å²) in [5.41, 5.74) is 0.273. The first kappa shape index (κ1) is 42.1. The van der Waals surface area contributed by atoms with Crippen molar-refractivity contribution in [3.63, 3.8) is 0 Å². The van der Waals surface area contributed by atoms with Crippen molar-refractivity contribution in [2.24, 2.45) is 11.8 Å². The number of hydrogen-bond acceptors (Lipinski definition) is 9. The predicted octanol–water partition coefficient (Wildman–Crippen LogP) is 6.70. The van der Waals surface area contributed by atoms with Gasteiger partial charge < -0.3 is 34.3 Å². The highest BCUT2D eigenvalue weighted by Crippen LogP contribution is 2.48. The molecule has 7 atom stereocenters. The van der Waals surface area contributed by atoms with Crippen LogP contribution in [0.4, 0.5) is 0 Å². The molecule has 0 saturated carbocycles. The predicted molar refractivity (Wildman–Crippen MR) is 185 cm³/mol. The standard InChI is InChI=1S/C38H54O12/c1-7-8-20-37(50-36(46)18-17-34(42)43)22-23-38(49-32(37)15-11-26(3)24-35(44)45)21-19-28(5)31(48-38)14-10-25(2)9-13-30(47-29(6)39)27(4)12-16-33(40)41/h9-13,15-16,24,27-28,30-32H,7-8,14,17-23H2,1-6H3,(H,40,41)(H,42,43)(H,44,45)/b13-9+,15-11+,16-12+,25-10+,26-24+/t27-,28-,30-,31+,32-,37+,38-/m0/s1. The smallest absolute Gasteiger partial charge is 0.328 e. The van der Waals surface area contributed by atoms with Crippen LogP contribution in [0.1, 0.15) is 106 Å². The summed E-state index contributed by atoms with van der Waals surface area (Å²) < 4.78 is 25.0. The zero-order valence-corrected chi connectivity index (χ0v) is 30.1. The Morgan fingerprint density at radius 1 is 0.900 bits per heavy atom. The van der Waals surface area contributed by atoms with Crippen LogP contribution >= 0.6 is 0 Å². The van der Waals surface area contributed by atoms with Crippen LogP contribution in [0.5, 0.6) is 0 Å². The molecule has 2 saturated heterocycles. The molecule has 2 heterocycles. The quantitative estimate of drug-likeness (QED) is 0.0782. The molecule has 3 N–H and O–H groups in total. The fraction of sp³-hybridized carbons (Fsp3) is 0.605. The maximum atomic E-state index is 12.9. The Kier molecular flexibility index (Phi) is 16.8. The number of ether oxygens (including phenoxy) is 4. The van der Waals surface area contributed by atoms with E-state index < -0.39 is 53.4 Å². The van der Waals surface area contributed by atoms with E-state index in [9.17, 15) is 29.1 Å². The number of rotatable bonds is 18. The first-order valence-electron chi connectivity index (χ1n) is 17.3. The summed E-state index contributed by atoms with van der Waals surface area (Å²) in [6.07, 6.45) is 15.0. The van der Waals surface area contributed by atoms with Crippen LogP contribution < -0.4 is 0 Å². The molecule has 2 aliphatic rings. The summed E-state index contributed by atoms with van der Waals surface area (Å²) in [5, 5.41) is 27.3. The second-order valence-electron chi connectivity index (χ2n) is 13.4. The topological polar surface area (TPSA) is 183 Å². The van der Waals surface area contributed by atoms with Crippen LogP contribution in [-0.4, -0.2) is 74.9 Å². The number of carbonyl (C=O) groups is 5. The fourth-order valence-corrected chi connectivity index (χ4v) is 6.14. The summed E-state index contributed by atoms with van der Waals surface area (Å²) >= 11 is 0. The van der Waals surface area contributed by atoms with Crippen LogP contribution in [0.2, 0.25) is 0 Å². The number of hydrogen-bond donors (Lipinski definition) is 3. The maximum Gasteiger partial charge on any atom is 0.328 e. The largest absolute Gasteiger partial charge is 0.481 e. The molecule has 0 aromatic heterocycles. The molecule has 0 aromatic carbocycles. The number of allylic oxidation sites excluding steroid dienone is 4. The van der Waals surface area contributed by atoms with E-state index in [-0.39, 0.29) is 30.8 Å². The highest BCUT2D eigenvalue weighted by atomic mass is 16.7. The van der Waals surface area contributed by atoms with E-state index in [1.165, 1.54) is 13.0 Å². The Hall–Kier alpha value is -4.03. The van der Waals surface area contributed by atoms with E-state index in [1.54, 1.807) is 32.1 Å². The molecule has 0 bridgehead atoms. The number of aliphatic carboxylic acids is 3. The first-order valence-corrected chi connectivity index (χ1v) is 17.3. The van der Waals surface area contributed by atoms with Gasteiger partial charge in [0.15, 0.2) is 5.79 Å². The van der Waals surface area contributed by atoms with E-state index >= 15 is 0 Å².